The summed E-state index contributed by atoms with van der Waals surface area (Å²) in [6.07, 6.45) is 0.957. The Labute approximate surface area is 148 Å². The highest BCUT2D eigenvalue weighted by Gasteiger charge is 2.34. The maximum atomic E-state index is 12.4. The molecule has 132 valence electrons. The summed E-state index contributed by atoms with van der Waals surface area (Å²) in [5.41, 5.74) is 8.69. The molecule has 3 atom stereocenters. The second-order valence-corrected chi connectivity index (χ2v) is 6.37. The molecule has 1 saturated heterocycles. The van der Waals surface area contributed by atoms with Gasteiger partial charge in [-0.2, -0.15) is 0 Å². The third-order valence-electron chi connectivity index (χ3n) is 4.68. The van der Waals surface area contributed by atoms with Gasteiger partial charge in [0.1, 0.15) is 11.9 Å². The van der Waals surface area contributed by atoms with Crippen LogP contribution in [0, 0.1) is 0 Å². The SMILES string of the molecule is COc1ccccc1CCC(=O)NC1NNC(C)C1c1ccccc1. The van der Waals surface area contributed by atoms with E-state index in [2.05, 4.69) is 35.2 Å². The fourth-order valence-corrected chi connectivity index (χ4v) is 3.38. The average Bonchev–Trinajstić information content (AvgIpc) is 3.01. The van der Waals surface area contributed by atoms with Crippen LogP contribution in [0.1, 0.15) is 30.4 Å². The number of methoxy groups -OCH3 is 1. The molecule has 0 spiro atoms. The summed E-state index contributed by atoms with van der Waals surface area (Å²) in [7, 11) is 1.65. The molecule has 5 nitrogen and oxygen atoms in total. The van der Waals surface area contributed by atoms with Crippen LogP contribution in [0.15, 0.2) is 54.6 Å². The van der Waals surface area contributed by atoms with Crippen molar-refractivity contribution in [2.75, 3.05) is 7.11 Å². The number of carbonyl (C=O) groups excluding carboxylic acids is 1. The van der Waals surface area contributed by atoms with Gasteiger partial charge in [0.05, 0.1) is 7.11 Å². The van der Waals surface area contributed by atoms with Crippen LogP contribution in [0.25, 0.3) is 0 Å². The number of aryl methyl sites for hydroxylation is 1. The van der Waals surface area contributed by atoms with Gasteiger partial charge >= 0.3 is 0 Å². The number of hydrogen-bond donors (Lipinski definition) is 3. The van der Waals surface area contributed by atoms with Gasteiger partial charge in [0.15, 0.2) is 0 Å². The molecule has 0 aromatic heterocycles. The van der Waals surface area contributed by atoms with E-state index in [4.69, 9.17) is 4.74 Å². The zero-order chi connectivity index (χ0) is 17.6. The Morgan fingerprint density at radius 2 is 1.80 bits per heavy atom. The first-order chi connectivity index (χ1) is 12.2. The Kier molecular flexibility index (Phi) is 5.68. The highest BCUT2D eigenvalue weighted by atomic mass is 16.5. The number of para-hydroxylation sites is 1. The summed E-state index contributed by atoms with van der Waals surface area (Å²) in [6, 6.07) is 18.3. The average molecular weight is 339 g/mol. The Morgan fingerprint density at radius 1 is 1.08 bits per heavy atom. The van der Waals surface area contributed by atoms with Crippen LogP contribution < -0.4 is 20.9 Å². The van der Waals surface area contributed by atoms with Gasteiger partial charge in [-0.1, -0.05) is 48.5 Å². The predicted molar refractivity (Wildman–Crippen MR) is 98.2 cm³/mol. The third-order valence-corrected chi connectivity index (χ3v) is 4.68. The van der Waals surface area contributed by atoms with Gasteiger partial charge in [-0.25, -0.2) is 5.43 Å². The predicted octanol–water partition coefficient (Wildman–Crippen LogP) is 2.35. The number of rotatable bonds is 6. The summed E-state index contributed by atoms with van der Waals surface area (Å²) in [4.78, 5) is 12.4. The Bertz CT molecular complexity index is 705. The molecule has 3 rings (SSSR count). The Balaban J connectivity index is 1.60. The topological polar surface area (TPSA) is 62.4 Å². The first kappa shape index (κ1) is 17.5. The van der Waals surface area contributed by atoms with Crippen molar-refractivity contribution in [3.8, 4) is 5.75 Å². The van der Waals surface area contributed by atoms with Crippen molar-refractivity contribution in [3.63, 3.8) is 0 Å². The van der Waals surface area contributed by atoms with Crippen molar-refractivity contribution < 1.29 is 9.53 Å². The lowest BCUT2D eigenvalue weighted by Crippen LogP contribution is -2.46. The number of carbonyl (C=O) groups is 1. The molecule has 0 saturated carbocycles. The number of benzene rings is 2. The normalized spacial score (nSPS) is 22.6. The summed E-state index contributed by atoms with van der Waals surface area (Å²) in [6.45, 7) is 2.12. The van der Waals surface area contributed by atoms with Crippen LogP contribution in [-0.2, 0) is 11.2 Å². The molecule has 1 aliphatic rings. The molecule has 3 unspecified atom stereocenters. The van der Waals surface area contributed by atoms with Crippen molar-refractivity contribution in [3.05, 3.63) is 65.7 Å². The molecule has 0 bridgehead atoms. The van der Waals surface area contributed by atoms with E-state index >= 15 is 0 Å². The largest absolute Gasteiger partial charge is 0.496 e. The van der Waals surface area contributed by atoms with Crippen LogP contribution >= 0.6 is 0 Å². The number of nitrogens with one attached hydrogen (secondary N) is 3. The second-order valence-electron chi connectivity index (χ2n) is 6.37. The van der Waals surface area contributed by atoms with Crippen molar-refractivity contribution in [1.29, 1.82) is 0 Å². The van der Waals surface area contributed by atoms with Gasteiger partial charge in [0.2, 0.25) is 5.91 Å². The zero-order valence-electron chi connectivity index (χ0n) is 14.7. The van der Waals surface area contributed by atoms with Crippen LogP contribution in [0.2, 0.25) is 0 Å². The Morgan fingerprint density at radius 3 is 2.56 bits per heavy atom. The van der Waals surface area contributed by atoms with Crippen LogP contribution in [0.3, 0.4) is 0 Å². The fraction of sp³-hybridized carbons (Fsp3) is 0.350. The van der Waals surface area contributed by atoms with E-state index in [9.17, 15) is 4.79 Å². The molecule has 25 heavy (non-hydrogen) atoms. The third kappa shape index (κ3) is 4.18. The maximum absolute atomic E-state index is 12.4. The lowest BCUT2D eigenvalue weighted by Gasteiger charge is -2.22. The van der Waals surface area contributed by atoms with Crippen molar-refractivity contribution in [2.45, 2.75) is 37.9 Å². The summed E-state index contributed by atoms with van der Waals surface area (Å²) >= 11 is 0. The molecule has 2 aromatic carbocycles. The first-order valence-electron chi connectivity index (χ1n) is 8.66. The number of hydrazine groups is 1. The maximum Gasteiger partial charge on any atom is 0.221 e. The van der Waals surface area contributed by atoms with Gasteiger partial charge in [-0.3, -0.25) is 10.2 Å². The quantitative estimate of drug-likeness (QED) is 0.756. The van der Waals surface area contributed by atoms with E-state index < -0.39 is 0 Å². The number of hydrogen-bond acceptors (Lipinski definition) is 4. The summed E-state index contributed by atoms with van der Waals surface area (Å²) < 4.78 is 5.35. The van der Waals surface area contributed by atoms with Crippen LogP contribution in [0.4, 0.5) is 0 Å². The zero-order valence-corrected chi connectivity index (χ0v) is 14.7. The summed E-state index contributed by atoms with van der Waals surface area (Å²) in [5, 5.41) is 3.11. The van der Waals surface area contributed by atoms with Crippen LogP contribution in [0.5, 0.6) is 5.75 Å². The van der Waals surface area contributed by atoms with Crippen LogP contribution in [-0.4, -0.2) is 25.2 Å². The van der Waals surface area contributed by atoms with Gasteiger partial charge in [0.25, 0.3) is 0 Å². The van der Waals surface area contributed by atoms with E-state index in [1.54, 1.807) is 7.11 Å². The van der Waals surface area contributed by atoms with Gasteiger partial charge in [-0.05, 0) is 30.5 Å². The highest BCUT2D eigenvalue weighted by Crippen LogP contribution is 2.26. The molecule has 1 fully saturated rings. The molecule has 1 heterocycles. The molecule has 1 aliphatic heterocycles. The van der Waals surface area contributed by atoms with E-state index in [-0.39, 0.29) is 24.0 Å². The molecule has 1 amide bonds. The van der Waals surface area contributed by atoms with Crippen molar-refractivity contribution in [2.24, 2.45) is 0 Å². The molecule has 0 aliphatic carbocycles. The van der Waals surface area contributed by atoms with E-state index in [1.807, 2.05) is 42.5 Å². The molecule has 2 aromatic rings. The van der Waals surface area contributed by atoms with Gasteiger partial charge in [-0.15, -0.1) is 0 Å². The van der Waals surface area contributed by atoms with Crippen molar-refractivity contribution >= 4 is 5.91 Å². The molecular weight excluding hydrogens is 314 g/mol. The summed E-state index contributed by atoms with van der Waals surface area (Å²) in [5.74, 6) is 1.04. The minimum Gasteiger partial charge on any atom is -0.496 e. The first-order valence-corrected chi connectivity index (χ1v) is 8.66. The molecule has 5 heteroatoms. The highest BCUT2D eigenvalue weighted by molar-refractivity contribution is 5.76. The van der Waals surface area contributed by atoms with Crippen molar-refractivity contribution in [1.82, 2.24) is 16.2 Å². The minimum absolute atomic E-state index is 0.0280. The minimum atomic E-state index is -0.123. The van der Waals surface area contributed by atoms with E-state index in [0.717, 1.165) is 11.3 Å². The standard InChI is InChI=1S/C20H25N3O2/c1-14-19(16-9-4-3-5-10-16)20(23-22-14)21-18(24)13-12-15-8-6-7-11-17(15)25-2/h3-11,14,19-20,22-23H,12-13H2,1-2H3,(H,21,24). The second kappa shape index (κ2) is 8.14. The van der Waals surface area contributed by atoms with Gasteiger partial charge < -0.3 is 10.1 Å². The molecular formula is C20H25N3O2. The molecule has 3 N–H and O–H groups in total. The monoisotopic (exact) mass is 339 g/mol. The van der Waals surface area contributed by atoms with E-state index in [1.165, 1.54) is 5.56 Å². The van der Waals surface area contributed by atoms with Gasteiger partial charge in [0, 0.05) is 18.4 Å². The lowest BCUT2D eigenvalue weighted by molar-refractivity contribution is -0.122. The lowest BCUT2D eigenvalue weighted by atomic mass is 9.91. The molecule has 0 radical (unpaired) electrons. The van der Waals surface area contributed by atoms with E-state index in [0.29, 0.717) is 12.8 Å². The number of ether oxygens (including phenoxy) is 1. The fourth-order valence-electron chi connectivity index (χ4n) is 3.38. The number of amides is 1. The Hall–Kier alpha value is -2.37. The smallest absolute Gasteiger partial charge is 0.221 e.